The molecule has 3 heterocycles. The third kappa shape index (κ3) is 1.65. The van der Waals surface area contributed by atoms with E-state index in [9.17, 15) is 4.79 Å². The van der Waals surface area contributed by atoms with Crippen molar-refractivity contribution in [2.45, 2.75) is 25.3 Å². The van der Waals surface area contributed by atoms with Gasteiger partial charge < -0.3 is 9.88 Å². The molecule has 17 heavy (non-hydrogen) atoms. The first-order chi connectivity index (χ1) is 8.24. The summed E-state index contributed by atoms with van der Waals surface area (Å²) in [6.07, 6.45) is 4.15. The highest BCUT2D eigenvalue weighted by atomic mass is 16.1. The third-order valence-corrected chi connectivity index (χ3v) is 4.14. The molecule has 90 valence electrons. The molecule has 2 bridgehead atoms. The van der Waals surface area contributed by atoms with E-state index < -0.39 is 0 Å². The number of hydrogen-bond donors (Lipinski definition) is 1. The van der Waals surface area contributed by atoms with E-state index in [1.807, 2.05) is 16.7 Å². The van der Waals surface area contributed by atoms with E-state index in [2.05, 4.69) is 18.0 Å². The molecular formula is C14H18N2O. The third-order valence-electron chi connectivity index (χ3n) is 4.14. The van der Waals surface area contributed by atoms with Crippen LogP contribution in [0.1, 0.15) is 24.5 Å². The Morgan fingerprint density at radius 3 is 3.29 bits per heavy atom. The fourth-order valence-corrected chi connectivity index (χ4v) is 3.43. The van der Waals surface area contributed by atoms with Gasteiger partial charge in [0.2, 0.25) is 0 Å². The summed E-state index contributed by atoms with van der Waals surface area (Å²) >= 11 is 0. The van der Waals surface area contributed by atoms with Crippen molar-refractivity contribution >= 4 is 0 Å². The molecule has 0 saturated carbocycles. The molecular weight excluding hydrogens is 212 g/mol. The van der Waals surface area contributed by atoms with Crippen LogP contribution < -0.4 is 10.9 Å². The van der Waals surface area contributed by atoms with Crippen LogP contribution in [0.25, 0.3) is 0 Å². The van der Waals surface area contributed by atoms with Gasteiger partial charge in [-0.15, -0.1) is 6.58 Å². The van der Waals surface area contributed by atoms with Gasteiger partial charge in [0.1, 0.15) is 0 Å². The van der Waals surface area contributed by atoms with Crippen molar-refractivity contribution in [1.29, 1.82) is 0 Å². The summed E-state index contributed by atoms with van der Waals surface area (Å²) in [5.74, 6) is 0.478. The van der Waals surface area contributed by atoms with Gasteiger partial charge in [-0.05, 0) is 18.9 Å². The first-order valence-electron chi connectivity index (χ1n) is 6.25. The van der Waals surface area contributed by atoms with Gasteiger partial charge in [0, 0.05) is 42.7 Å². The van der Waals surface area contributed by atoms with Crippen LogP contribution >= 0.6 is 0 Å². The number of nitrogens with one attached hydrogen (secondary N) is 1. The number of aromatic nitrogens is 1. The van der Waals surface area contributed by atoms with Crippen molar-refractivity contribution in [2.24, 2.45) is 5.41 Å². The van der Waals surface area contributed by atoms with Crippen LogP contribution in [-0.2, 0) is 6.54 Å². The maximum Gasteiger partial charge on any atom is 0.250 e. The fraction of sp³-hybridized carbons (Fsp3) is 0.500. The average Bonchev–Trinajstić information content (AvgIpc) is 2.31. The molecule has 1 aromatic heterocycles. The Balaban J connectivity index is 2.10. The number of hydrogen-bond acceptors (Lipinski definition) is 2. The van der Waals surface area contributed by atoms with E-state index in [1.54, 1.807) is 6.07 Å². The molecule has 3 nitrogen and oxygen atoms in total. The van der Waals surface area contributed by atoms with Crippen molar-refractivity contribution in [3.05, 3.63) is 46.9 Å². The highest BCUT2D eigenvalue weighted by Gasteiger charge is 2.41. The molecule has 3 rings (SSSR count). The molecule has 0 aliphatic carbocycles. The minimum Gasteiger partial charge on any atom is -0.315 e. The minimum atomic E-state index is 0.141. The largest absolute Gasteiger partial charge is 0.315 e. The lowest BCUT2D eigenvalue weighted by Crippen LogP contribution is -2.51. The fourth-order valence-electron chi connectivity index (χ4n) is 3.43. The van der Waals surface area contributed by atoms with Crippen molar-refractivity contribution in [3.8, 4) is 0 Å². The van der Waals surface area contributed by atoms with Crippen LogP contribution in [0, 0.1) is 5.41 Å². The van der Waals surface area contributed by atoms with Crippen LogP contribution in [0.15, 0.2) is 35.6 Å². The second-order valence-electron chi connectivity index (χ2n) is 5.40. The molecule has 1 fully saturated rings. The number of pyridine rings is 1. The van der Waals surface area contributed by atoms with E-state index >= 15 is 0 Å². The molecule has 2 aliphatic rings. The van der Waals surface area contributed by atoms with Gasteiger partial charge in [0.05, 0.1) is 0 Å². The van der Waals surface area contributed by atoms with Crippen molar-refractivity contribution in [3.63, 3.8) is 0 Å². The van der Waals surface area contributed by atoms with Crippen molar-refractivity contribution < 1.29 is 0 Å². The Hall–Kier alpha value is -1.35. The summed E-state index contributed by atoms with van der Waals surface area (Å²) in [4.78, 5) is 12.0. The van der Waals surface area contributed by atoms with Gasteiger partial charge in [-0.3, -0.25) is 4.79 Å². The number of piperidine rings is 1. The molecule has 0 aromatic carbocycles. The maximum absolute atomic E-state index is 12.0. The van der Waals surface area contributed by atoms with Gasteiger partial charge in [-0.1, -0.05) is 12.1 Å². The van der Waals surface area contributed by atoms with Crippen LogP contribution in [0.5, 0.6) is 0 Å². The molecule has 0 amide bonds. The number of fused-ring (bicyclic) bond motifs is 4. The molecule has 0 unspecified atom stereocenters. The lowest BCUT2D eigenvalue weighted by atomic mass is 9.70. The lowest BCUT2D eigenvalue weighted by Gasteiger charge is -2.46. The zero-order valence-electron chi connectivity index (χ0n) is 9.98. The number of nitrogens with zero attached hydrogens (tertiary/aromatic N) is 1. The number of rotatable bonds is 2. The molecule has 2 atom stereocenters. The summed E-state index contributed by atoms with van der Waals surface area (Å²) in [7, 11) is 0. The van der Waals surface area contributed by atoms with Crippen LogP contribution in [0.2, 0.25) is 0 Å². The van der Waals surface area contributed by atoms with E-state index in [4.69, 9.17) is 0 Å². The first-order valence-corrected chi connectivity index (χ1v) is 6.25. The van der Waals surface area contributed by atoms with Crippen molar-refractivity contribution in [2.75, 3.05) is 13.1 Å². The summed E-state index contributed by atoms with van der Waals surface area (Å²) in [5, 5.41) is 3.51. The zero-order valence-corrected chi connectivity index (χ0v) is 9.98. The van der Waals surface area contributed by atoms with E-state index in [0.717, 1.165) is 26.1 Å². The smallest absolute Gasteiger partial charge is 0.250 e. The van der Waals surface area contributed by atoms with Crippen molar-refractivity contribution in [1.82, 2.24) is 9.88 Å². The van der Waals surface area contributed by atoms with Gasteiger partial charge in [0.25, 0.3) is 5.56 Å². The monoisotopic (exact) mass is 230 g/mol. The van der Waals surface area contributed by atoms with Crippen LogP contribution in [0.4, 0.5) is 0 Å². The molecule has 3 heteroatoms. The van der Waals surface area contributed by atoms with Crippen LogP contribution in [0.3, 0.4) is 0 Å². The Morgan fingerprint density at radius 2 is 2.47 bits per heavy atom. The predicted molar refractivity (Wildman–Crippen MR) is 68.2 cm³/mol. The predicted octanol–water partition coefficient (Wildman–Crippen LogP) is 1.50. The second kappa shape index (κ2) is 3.84. The summed E-state index contributed by atoms with van der Waals surface area (Å²) in [5.41, 5.74) is 1.54. The van der Waals surface area contributed by atoms with Gasteiger partial charge >= 0.3 is 0 Å². The molecule has 0 radical (unpaired) electrons. The molecule has 1 N–H and O–H groups in total. The van der Waals surface area contributed by atoms with Crippen LogP contribution in [-0.4, -0.2) is 17.7 Å². The second-order valence-corrected chi connectivity index (χ2v) is 5.40. The minimum absolute atomic E-state index is 0.141. The topological polar surface area (TPSA) is 34.0 Å². The first kappa shape index (κ1) is 10.8. The normalized spacial score (nSPS) is 30.7. The van der Waals surface area contributed by atoms with Gasteiger partial charge in [0.15, 0.2) is 0 Å². The van der Waals surface area contributed by atoms with E-state index in [-0.39, 0.29) is 11.0 Å². The highest BCUT2D eigenvalue weighted by Crippen LogP contribution is 2.42. The van der Waals surface area contributed by atoms with E-state index in [0.29, 0.717) is 5.92 Å². The Labute approximate surface area is 101 Å². The molecule has 0 spiro atoms. The molecule has 2 aliphatic heterocycles. The quantitative estimate of drug-likeness (QED) is 0.781. The summed E-state index contributed by atoms with van der Waals surface area (Å²) in [6, 6.07) is 5.64. The molecule has 1 aromatic rings. The Bertz CT molecular complexity index is 505. The van der Waals surface area contributed by atoms with E-state index in [1.165, 1.54) is 12.1 Å². The Kier molecular flexibility index (Phi) is 2.44. The highest BCUT2D eigenvalue weighted by molar-refractivity contribution is 5.19. The Morgan fingerprint density at radius 1 is 1.59 bits per heavy atom. The number of allylic oxidation sites excluding steroid dienone is 1. The van der Waals surface area contributed by atoms with Gasteiger partial charge in [-0.2, -0.15) is 0 Å². The maximum atomic E-state index is 12.0. The average molecular weight is 230 g/mol. The molecule has 1 saturated heterocycles. The lowest BCUT2D eigenvalue weighted by molar-refractivity contribution is 0.127. The zero-order chi connectivity index (χ0) is 11.9. The van der Waals surface area contributed by atoms with Gasteiger partial charge in [-0.25, -0.2) is 0 Å². The summed E-state index contributed by atoms with van der Waals surface area (Å²) in [6.45, 7) is 6.68. The standard InChI is InChI=1S/C14H18N2O/c1-2-6-14-7-11(8-15-9-14)12-4-3-5-13(17)16(12)10-14/h2-5,11,15H,1,6-10H2/t11-,14+/m1/s1. The summed E-state index contributed by atoms with van der Waals surface area (Å²) < 4.78 is 1.97. The SMILES string of the molecule is C=CC[C@@]12CNC[C@@H](C1)c1cccc(=O)n1C2.